The second-order valence-corrected chi connectivity index (χ2v) is 5.92. The second kappa shape index (κ2) is 5.04. The molecule has 2 aliphatic rings. The smallest absolute Gasteiger partial charge is 0.137 e. The Labute approximate surface area is 114 Å². The molecule has 0 spiro atoms. The lowest BCUT2D eigenvalue weighted by Crippen LogP contribution is -2.35. The minimum atomic E-state index is 0.595. The van der Waals surface area contributed by atoms with Gasteiger partial charge in [0.15, 0.2) is 0 Å². The summed E-state index contributed by atoms with van der Waals surface area (Å²) in [6.45, 7) is 3.15. The van der Waals surface area contributed by atoms with E-state index < -0.39 is 0 Å². The Morgan fingerprint density at radius 1 is 1.17 bits per heavy atom. The van der Waals surface area contributed by atoms with Crippen molar-refractivity contribution in [3.8, 4) is 0 Å². The van der Waals surface area contributed by atoms with Gasteiger partial charge in [-0.3, -0.25) is 0 Å². The zero-order valence-corrected chi connectivity index (χ0v) is 11.7. The summed E-state index contributed by atoms with van der Waals surface area (Å²) < 4.78 is 0. The summed E-state index contributed by atoms with van der Waals surface area (Å²) in [5, 5.41) is 0.595. The summed E-state index contributed by atoms with van der Waals surface area (Å²) in [5.41, 5.74) is 1.03. The van der Waals surface area contributed by atoms with Crippen LogP contribution in [0.4, 0.5) is 5.82 Å². The van der Waals surface area contributed by atoms with Crippen molar-refractivity contribution in [2.45, 2.75) is 51.5 Å². The highest BCUT2D eigenvalue weighted by Gasteiger charge is 2.34. The Balaban J connectivity index is 1.87. The fourth-order valence-corrected chi connectivity index (χ4v) is 3.73. The van der Waals surface area contributed by atoms with E-state index in [0.29, 0.717) is 11.2 Å². The Kier molecular flexibility index (Phi) is 3.42. The number of nitrogens with zero attached hydrogens (tertiary/aromatic N) is 3. The van der Waals surface area contributed by atoms with E-state index in [1.807, 2.05) is 6.92 Å². The van der Waals surface area contributed by atoms with Crippen molar-refractivity contribution in [3.63, 3.8) is 0 Å². The summed E-state index contributed by atoms with van der Waals surface area (Å²) >= 11 is 6.12. The molecule has 1 unspecified atom stereocenters. The molecule has 1 aromatic heterocycles. The van der Waals surface area contributed by atoms with Crippen molar-refractivity contribution >= 4 is 17.4 Å². The van der Waals surface area contributed by atoms with E-state index in [-0.39, 0.29) is 0 Å². The van der Waals surface area contributed by atoms with Crippen LogP contribution in [0.1, 0.15) is 44.1 Å². The van der Waals surface area contributed by atoms with Crippen molar-refractivity contribution in [1.29, 1.82) is 0 Å². The van der Waals surface area contributed by atoms with Crippen molar-refractivity contribution in [2.24, 2.45) is 5.92 Å². The highest BCUT2D eigenvalue weighted by atomic mass is 35.5. The quantitative estimate of drug-likeness (QED) is 0.765. The molecule has 1 aliphatic carbocycles. The molecule has 1 aliphatic heterocycles. The van der Waals surface area contributed by atoms with Gasteiger partial charge in [-0.05, 0) is 38.5 Å². The van der Waals surface area contributed by atoms with Crippen LogP contribution in [0.5, 0.6) is 0 Å². The minimum absolute atomic E-state index is 0.595. The molecule has 2 heterocycles. The van der Waals surface area contributed by atoms with Crippen LogP contribution in [-0.4, -0.2) is 22.6 Å². The van der Waals surface area contributed by atoms with Crippen LogP contribution in [-0.2, 0) is 0 Å². The molecule has 0 N–H and O–H groups in total. The number of hydrogen-bond donors (Lipinski definition) is 0. The van der Waals surface area contributed by atoms with Crippen molar-refractivity contribution in [2.75, 3.05) is 11.4 Å². The molecule has 3 nitrogen and oxygen atoms in total. The molecule has 0 radical (unpaired) electrons. The molecule has 0 amide bonds. The number of rotatable bonds is 2. The molecular formula is C14H20ClN3. The first kappa shape index (κ1) is 12.2. The Morgan fingerprint density at radius 3 is 2.72 bits per heavy atom. The third-order valence-corrected chi connectivity index (χ3v) is 4.89. The van der Waals surface area contributed by atoms with Gasteiger partial charge in [0, 0.05) is 18.2 Å². The van der Waals surface area contributed by atoms with Gasteiger partial charge in [0.2, 0.25) is 0 Å². The maximum absolute atomic E-state index is 6.12. The van der Waals surface area contributed by atoms with Crippen LogP contribution < -0.4 is 4.90 Å². The number of halogens is 1. The third kappa shape index (κ3) is 2.09. The predicted octanol–water partition coefficient (Wildman–Crippen LogP) is 3.60. The van der Waals surface area contributed by atoms with Gasteiger partial charge in [0.1, 0.15) is 17.3 Å². The van der Waals surface area contributed by atoms with Gasteiger partial charge in [0.05, 0.1) is 0 Å². The standard InChI is InChI=1S/C14H20ClN3/c1-10-13(15)16-9-17-14(10)18-8-4-7-12(18)11-5-2-3-6-11/h9,11-12H,2-8H2,1H3. The van der Waals surface area contributed by atoms with Crippen LogP contribution >= 0.6 is 11.6 Å². The van der Waals surface area contributed by atoms with E-state index in [1.54, 1.807) is 6.33 Å². The molecule has 1 saturated carbocycles. The van der Waals surface area contributed by atoms with Crippen LogP contribution in [0, 0.1) is 12.8 Å². The van der Waals surface area contributed by atoms with Crippen molar-refractivity contribution < 1.29 is 0 Å². The molecule has 98 valence electrons. The minimum Gasteiger partial charge on any atom is -0.353 e. The molecule has 4 heteroatoms. The van der Waals surface area contributed by atoms with E-state index in [9.17, 15) is 0 Å². The molecule has 2 fully saturated rings. The number of hydrogen-bond acceptors (Lipinski definition) is 3. The van der Waals surface area contributed by atoms with Gasteiger partial charge >= 0.3 is 0 Å². The highest BCUT2D eigenvalue weighted by molar-refractivity contribution is 6.30. The Morgan fingerprint density at radius 2 is 1.94 bits per heavy atom. The highest BCUT2D eigenvalue weighted by Crippen LogP contribution is 2.38. The van der Waals surface area contributed by atoms with E-state index >= 15 is 0 Å². The molecular weight excluding hydrogens is 246 g/mol. The van der Waals surface area contributed by atoms with Crippen molar-refractivity contribution in [3.05, 3.63) is 17.0 Å². The number of aromatic nitrogens is 2. The monoisotopic (exact) mass is 265 g/mol. The molecule has 3 rings (SSSR count). The van der Waals surface area contributed by atoms with Crippen LogP contribution in [0.2, 0.25) is 5.15 Å². The normalized spacial score (nSPS) is 25.0. The van der Waals surface area contributed by atoms with Crippen molar-refractivity contribution in [1.82, 2.24) is 9.97 Å². The lowest BCUT2D eigenvalue weighted by atomic mass is 9.96. The zero-order chi connectivity index (χ0) is 12.5. The van der Waals surface area contributed by atoms with Gasteiger partial charge in [-0.2, -0.15) is 0 Å². The van der Waals surface area contributed by atoms with Gasteiger partial charge in [-0.25, -0.2) is 9.97 Å². The molecule has 0 bridgehead atoms. The first-order chi connectivity index (χ1) is 8.77. The molecule has 18 heavy (non-hydrogen) atoms. The topological polar surface area (TPSA) is 29.0 Å². The summed E-state index contributed by atoms with van der Waals surface area (Å²) in [4.78, 5) is 11.0. The first-order valence-corrected chi connectivity index (χ1v) is 7.39. The van der Waals surface area contributed by atoms with Crippen LogP contribution in [0.15, 0.2) is 6.33 Å². The van der Waals surface area contributed by atoms with Gasteiger partial charge in [0.25, 0.3) is 0 Å². The molecule has 1 atom stereocenters. The maximum Gasteiger partial charge on any atom is 0.137 e. The average Bonchev–Trinajstić information content (AvgIpc) is 3.01. The maximum atomic E-state index is 6.12. The molecule has 1 aromatic rings. The predicted molar refractivity (Wildman–Crippen MR) is 74.1 cm³/mol. The van der Waals surface area contributed by atoms with E-state index in [0.717, 1.165) is 23.8 Å². The lowest BCUT2D eigenvalue weighted by Gasteiger charge is -2.31. The third-order valence-electron chi connectivity index (χ3n) is 4.51. The Bertz CT molecular complexity index is 429. The Hall–Kier alpha value is -0.830. The van der Waals surface area contributed by atoms with E-state index in [4.69, 9.17) is 11.6 Å². The summed E-state index contributed by atoms with van der Waals surface area (Å²) in [5.74, 6) is 1.92. The van der Waals surface area contributed by atoms with E-state index in [2.05, 4.69) is 14.9 Å². The average molecular weight is 266 g/mol. The fraction of sp³-hybridized carbons (Fsp3) is 0.714. The van der Waals surface area contributed by atoms with Gasteiger partial charge in [-0.15, -0.1) is 0 Å². The number of anilines is 1. The first-order valence-electron chi connectivity index (χ1n) is 7.01. The summed E-state index contributed by atoms with van der Waals surface area (Å²) in [6.07, 6.45) is 9.76. The van der Waals surface area contributed by atoms with Crippen LogP contribution in [0.3, 0.4) is 0 Å². The zero-order valence-electron chi connectivity index (χ0n) is 10.9. The van der Waals surface area contributed by atoms with Gasteiger partial charge in [-0.1, -0.05) is 24.4 Å². The van der Waals surface area contributed by atoms with E-state index in [1.165, 1.54) is 38.5 Å². The molecule has 1 saturated heterocycles. The van der Waals surface area contributed by atoms with Crippen LogP contribution in [0.25, 0.3) is 0 Å². The SMILES string of the molecule is Cc1c(Cl)ncnc1N1CCCC1C1CCCC1. The second-order valence-electron chi connectivity index (χ2n) is 5.56. The lowest BCUT2D eigenvalue weighted by molar-refractivity contribution is 0.429. The summed E-state index contributed by atoms with van der Waals surface area (Å²) in [7, 11) is 0. The van der Waals surface area contributed by atoms with Gasteiger partial charge < -0.3 is 4.90 Å². The fourth-order valence-electron chi connectivity index (χ4n) is 3.60. The summed E-state index contributed by atoms with van der Waals surface area (Å²) in [6, 6.07) is 0.678. The largest absolute Gasteiger partial charge is 0.353 e. The molecule has 0 aromatic carbocycles.